The van der Waals surface area contributed by atoms with Crippen molar-refractivity contribution in [2.24, 2.45) is 17.8 Å². The van der Waals surface area contributed by atoms with E-state index in [1.165, 1.54) is 58.0 Å². The molecule has 0 aromatic heterocycles. The number of hydrogen-bond acceptors (Lipinski definition) is 1. The lowest BCUT2D eigenvalue weighted by atomic mass is 9.91. The molecule has 43 heavy (non-hydrogen) atoms. The molecule has 0 spiro atoms. The first-order valence-electron chi connectivity index (χ1n) is 14.4. The molecule has 0 radical (unpaired) electrons. The molecule has 2 aromatic rings. The standard InChI is InChI=1S/C17H37N.C14H3F11/c1-6-9-15(4)13-18-14-16(5)11-12-17(8-3)10-7-2;1-2-3(4-7(16)11(20)13(22)12(21)8(4)17)5(14(23,24)25)9(18)10(19)6(2)15/h15-18H,6-14H2,1-5H3;1H3. The van der Waals surface area contributed by atoms with E-state index in [0.29, 0.717) is 6.92 Å². The number of alkyl halides is 3. The number of halogens is 11. The van der Waals surface area contributed by atoms with Crippen molar-refractivity contribution in [2.75, 3.05) is 13.1 Å². The van der Waals surface area contributed by atoms with Crippen molar-refractivity contribution >= 4 is 0 Å². The van der Waals surface area contributed by atoms with Crippen molar-refractivity contribution in [3.63, 3.8) is 0 Å². The van der Waals surface area contributed by atoms with Crippen LogP contribution in [0.1, 0.15) is 90.7 Å². The van der Waals surface area contributed by atoms with Gasteiger partial charge in [0.1, 0.15) is 5.56 Å². The van der Waals surface area contributed by atoms with Gasteiger partial charge in [-0.2, -0.15) is 13.2 Å². The molecule has 0 aliphatic rings. The van der Waals surface area contributed by atoms with Gasteiger partial charge in [0.15, 0.2) is 40.7 Å². The highest BCUT2D eigenvalue weighted by Crippen LogP contribution is 2.45. The summed E-state index contributed by atoms with van der Waals surface area (Å²) in [6, 6.07) is 0. The minimum atomic E-state index is -5.83. The normalized spacial score (nSPS) is 13.9. The third kappa shape index (κ3) is 10.1. The lowest BCUT2D eigenvalue weighted by Crippen LogP contribution is -2.26. The first-order chi connectivity index (χ1) is 20.0. The van der Waals surface area contributed by atoms with Gasteiger partial charge in [-0.3, -0.25) is 0 Å². The van der Waals surface area contributed by atoms with Gasteiger partial charge >= 0.3 is 6.18 Å². The Hall–Kier alpha value is -2.37. The van der Waals surface area contributed by atoms with Gasteiger partial charge in [-0.15, -0.1) is 0 Å². The largest absolute Gasteiger partial charge is 0.419 e. The van der Waals surface area contributed by atoms with Crippen molar-refractivity contribution < 1.29 is 48.3 Å². The molecule has 0 heterocycles. The summed E-state index contributed by atoms with van der Waals surface area (Å²) >= 11 is 0. The Labute approximate surface area is 246 Å². The number of benzene rings is 2. The summed E-state index contributed by atoms with van der Waals surface area (Å²) in [5.74, 6) is -18.6. The lowest BCUT2D eigenvalue weighted by Gasteiger charge is -2.19. The van der Waals surface area contributed by atoms with Gasteiger partial charge in [-0.05, 0) is 56.2 Å². The SMILES string of the molecule is CCCC(C)CNCC(C)CCC(CC)CCC.Cc1c(F)c(F)c(F)c(C(F)(F)F)c1-c1c(F)c(F)c(F)c(F)c1F. The second-order valence-electron chi connectivity index (χ2n) is 11.1. The van der Waals surface area contributed by atoms with Crippen LogP contribution in [-0.4, -0.2) is 13.1 Å². The van der Waals surface area contributed by atoms with Crippen LogP contribution >= 0.6 is 0 Å². The van der Waals surface area contributed by atoms with E-state index in [-0.39, 0.29) is 0 Å². The lowest BCUT2D eigenvalue weighted by molar-refractivity contribution is -0.139. The molecule has 0 saturated heterocycles. The Morgan fingerprint density at radius 3 is 1.44 bits per heavy atom. The molecule has 12 heteroatoms. The molecule has 2 rings (SSSR count). The van der Waals surface area contributed by atoms with Crippen LogP contribution in [-0.2, 0) is 6.18 Å². The third-order valence-corrected chi connectivity index (χ3v) is 7.41. The van der Waals surface area contributed by atoms with Gasteiger partial charge in [0.2, 0.25) is 5.82 Å². The van der Waals surface area contributed by atoms with Crippen LogP contribution in [0, 0.1) is 71.2 Å². The molecule has 0 aliphatic heterocycles. The number of hydrogen-bond donors (Lipinski definition) is 1. The van der Waals surface area contributed by atoms with Crippen molar-refractivity contribution in [1.29, 1.82) is 0 Å². The Morgan fingerprint density at radius 1 is 0.558 bits per heavy atom. The summed E-state index contributed by atoms with van der Waals surface area (Å²) in [7, 11) is 0. The van der Waals surface area contributed by atoms with Crippen LogP contribution in [0.3, 0.4) is 0 Å². The monoisotopic (exact) mass is 635 g/mol. The van der Waals surface area contributed by atoms with E-state index < -0.39 is 75.0 Å². The van der Waals surface area contributed by atoms with E-state index in [9.17, 15) is 48.3 Å². The third-order valence-electron chi connectivity index (χ3n) is 7.41. The van der Waals surface area contributed by atoms with Crippen LogP contribution in [0.15, 0.2) is 0 Å². The average Bonchev–Trinajstić information content (AvgIpc) is 2.94. The highest BCUT2D eigenvalue weighted by Gasteiger charge is 2.43. The second-order valence-corrected chi connectivity index (χ2v) is 11.1. The molecule has 3 unspecified atom stereocenters. The Balaban J connectivity index is 0.000000457. The predicted molar refractivity (Wildman–Crippen MR) is 145 cm³/mol. The van der Waals surface area contributed by atoms with Gasteiger partial charge in [0, 0.05) is 5.56 Å². The smallest absolute Gasteiger partial charge is 0.316 e. The fourth-order valence-corrected chi connectivity index (χ4v) is 4.93. The Bertz CT molecular complexity index is 1160. The van der Waals surface area contributed by atoms with Gasteiger partial charge < -0.3 is 5.32 Å². The average molecular weight is 636 g/mol. The van der Waals surface area contributed by atoms with Crippen molar-refractivity contribution in [3.8, 4) is 11.1 Å². The second kappa shape index (κ2) is 17.2. The predicted octanol–water partition coefficient (Wildman–Crippen LogP) is 11.0. The van der Waals surface area contributed by atoms with Crippen LogP contribution < -0.4 is 5.32 Å². The fourth-order valence-electron chi connectivity index (χ4n) is 4.93. The topological polar surface area (TPSA) is 12.0 Å². The zero-order valence-electron chi connectivity index (χ0n) is 25.3. The van der Waals surface area contributed by atoms with E-state index >= 15 is 0 Å². The molecule has 0 amide bonds. The Kier molecular flexibility index (Phi) is 15.5. The highest BCUT2D eigenvalue weighted by atomic mass is 19.4. The molecule has 246 valence electrons. The molecule has 3 atom stereocenters. The first-order valence-corrected chi connectivity index (χ1v) is 14.4. The molecule has 1 nitrogen and oxygen atoms in total. The quantitative estimate of drug-likeness (QED) is 0.131. The highest BCUT2D eigenvalue weighted by molar-refractivity contribution is 5.73. The molecular formula is C31H40F11N. The van der Waals surface area contributed by atoms with Crippen LogP contribution in [0.4, 0.5) is 48.3 Å². The molecule has 0 bridgehead atoms. The molecular weight excluding hydrogens is 595 g/mol. The minimum absolute atomic E-state index is 0.362. The van der Waals surface area contributed by atoms with Crippen LogP contribution in [0.2, 0.25) is 0 Å². The van der Waals surface area contributed by atoms with E-state index in [4.69, 9.17) is 0 Å². The van der Waals surface area contributed by atoms with Crippen molar-refractivity contribution in [2.45, 2.75) is 92.7 Å². The van der Waals surface area contributed by atoms with Gasteiger partial charge in [-0.1, -0.05) is 66.7 Å². The molecule has 0 aliphatic carbocycles. The van der Waals surface area contributed by atoms with Gasteiger partial charge in [-0.25, -0.2) is 35.1 Å². The maximum atomic E-state index is 13.8. The number of rotatable bonds is 13. The number of nitrogens with one attached hydrogen (secondary N) is 1. The van der Waals surface area contributed by atoms with E-state index in [1.54, 1.807) is 0 Å². The fraction of sp³-hybridized carbons (Fsp3) is 0.613. The minimum Gasteiger partial charge on any atom is -0.316 e. The van der Waals surface area contributed by atoms with Gasteiger partial charge in [0.25, 0.3) is 0 Å². The van der Waals surface area contributed by atoms with Crippen LogP contribution in [0.5, 0.6) is 0 Å². The summed E-state index contributed by atoms with van der Waals surface area (Å²) in [5, 5.41) is 3.64. The van der Waals surface area contributed by atoms with Gasteiger partial charge in [0.05, 0.1) is 5.56 Å². The van der Waals surface area contributed by atoms with E-state index in [0.717, 1.165) is 17.8 Å². The summed E-state index contributed by atoms with van der Waals surface area (Å²) in [4.78, 5) is 0. The Morgan fingerprint density at radius 2 is 1.00 bits per heavy atom. The van der Waals surface area contributed by atoms with Crippen molar-refractivity contribution in [3.05, 3.63) is 57.7 Å². The summed E-state index contributed by atoms with van der Waals surface area (Å²) < 4.78 is 146. The molecule has 0 fully saturated rings. The zero-order valence-corrected chi connectivity index (χ0v) is 25.3. The van der Waals surface area contributed by atoms with Crippen molar-refractivity contribution in [1.82, 2.24) is 5.32 Å². The summed E-state index contributed by atoms with van der Waals surface area (Å²) in [6.45, 7) is 14.4. The van der Waals surface area contributed by atoms with E-state index in [1.807, 2.05) is 0 Å². The zero-order chi connectivity index (χ0) is 33.2. The summed E-state index contributed by atoms with van der Waals surface area (Å²) in [6.07, 6.45) is 3.79. The molecule has 0 saturated carbocycles. The van der Waals surface area contributed by atoms with Crippen LogP contribution in [0.25, 0.3) is 11.1 Å². The summed E-state index contributed by atoms with van der Waals surface area (Å²) in [5.41, 5.74) is -8.45. The molecule has 1 N–H and O–H groups in total. The maximum absolute atomic E-state index is 13.8. The maximum Gasteiger partial charge on any atom is 0.419 e. The molecule has 2 aromatic carbocycles. The van der Waals surface area contributed by atoms with E-state index in [2.05, 4.69) is 39.9 Å². The first kappa shape index (κ1) is 38.7.